The molecule has 0 N–H and O–H groups in total. The monoisotopic (exact) mass is 310 g/mol. The molecule has 0 radical (unpaired) electrons. The highest BCUT2D eigenvalue weighted by molar-refractivity contribution is 6.30. The Bertz CT molecular complexity index is 385. The van der Waals surface area contributed by atoms with E-state index in [1.54, 1.807) is 6.20 Å². The fraction of sp³-hybridized carbons (Fsp3) is 0.722. The van der Waals surface area contributed by atoms with Crippen molar-refractivity contribution in [3.05, 3.63) is 29.0 Å². The number of hydrogen-bond donors (Lipinski definition) is 0. The molecular weight excluding hydrogens is 280 g/mol. The lowest BCUT2D eigenvalue weighted by Gasteiger charge is -2.36. The lowest BCUT2D eigenvalue weighted by molar-refractivity contribution is 0.183. The van der Waals surface area contributed by atoms with Crippen LogP contribution in [0.15, 0.2) is 18.3 Å². The highest BCUT2D eigenvalue weighted by Gasteiger charge is 2.30. The van der Waals surface area contributed by atoms with Gasteiger partial charge in [0.15, 0.2) is 0 Å². The molecule has 0 aliphatic heterocycles. The Hall–Kier alpha value is -0.600. The van der Waals surface area contributed by atoms with Crippen molar-refractivity contribution in [1.29, 1.82) is 0 Å². The normalized spacial score (nSPS) is 14.7. The maximum Gasteiger partial charge on any atom is 0.0589 e. The van der Waals surface area contributed by atoms with Gasteiger partial charge in [0.2, 0.25) is 0 Å². The van der Waals surface area contributed by atoms with Crippen molar-refractivity contribution >= 4 is 11.6 Å². The van der Waals surface area contributed by atoms with E-state index in [-0.39, 0.29) is 0 Å². The number of aromatic nitrogens is 1. The first-order valence-electron chi connectivity index (χ1n) is 8.36. The van der Waals surface area contributed by atoms with Crippen molar-refractivity contribution in [1.82, 2.24) is 9.88 Å². The maximum absolute atomic E-state index is 6.01. The van der Waals surface area contributed by atoms with Crippen LogP contribution < -0.4 is 0 Å². The fourth-order valence-electron chi connectivity index (χ4n) is 3.27. The van der Waals surface area contributed by atoms with Crippen LogP contribution in [0.2, 0.25) is 5.02 Å². The molecule has 0 amide bonds. The predicted octanol–water partition coefficient (Wildman–Crippen LogP) is 5.38. The zero-order chi connectivity index (χ0) is 15.8. The predicted molar refractivity (Wildman–Crippen MR) is 93.1 cm³/mol. The molecule has 0 aliphatic carbocycles. The van der Waals surface area contributed by atoms with Crippen molar-refractivity contribution in [2.45, 2.75) is 65.3 Å². The van der Waals surface area contributed by atoms with Gasteiger partial charge in [0.25, 0.3) is 0 Å². The van der Waals surface area contributed by atoms with E-state index >= 15 is 0 Å². The van der Waals surface area contributed by atoms with Crippen LogP contribution >= 0.6 is 11.6 Å². The van der Waals surface area contributed by atoms with Gasteiger partial charge in [0.05, 0.1) is 5.02 Å². The van der Waals surface area contributed by atoms with Gasteiger partial charge < -0.3 is 4.90 Å². The Kier molecular flexibility index (Phi) is 8.28. The second-order valence-electron chi connectivity index (χ2n) is 6.08. The van der Waals surface area contributed by atoms with Crippen LogP contribution in [0.5, 0.6) is 0 Å². The lowest BCUT2D eigenvalue weighted by atomic mass is 9.78. The molecule has 0 fully saturated rings. The van der Waals surface area contributed by atoms with Gasteiger partial charge in [-0.2, -0.15) is 0 Å². The van der Waals surface area contributed by atoms with E-state index < -0.39 is 0 Å². The average molecular weight is 311 g/mol. The summed E-state index contributed by atoms with van der Waals surface area (Å²) < 4.78 is 0. The summed E-state index contributed by atoms with van der Waals surface area (Å²) in [5, 5.41) is 0.719. The van der Waals surface area contributed by atoms with Crippen LogP contribution in [-0.4, -0.2) is 29.5 Å². The fourth-order valence-corrected chi connectivity index (χ4v) is 3.39. The summed E-state index contributed by atoms with van der Waals surface area (Å²) in [4.78, 5) is 7.07. The van der Waals surface area contributed by atoms with E-state index in [1.807, 2.05) is 6.07 Å². The van der Waals surface area contributed by atoms with Crippen molar-refractivity contribution < 1.29 is 0 Å². The van der Waals surface area contributed by atoms with Gasteiger partial charge in [-0.15, -0.1) is 0 Å². The summed E-state index contributed by atoms with van der Waals surface area (Å²) in [5.41, 5.74) is 1.19. The minimum atomic E-state index is 0.479. The smallest absolute Gasteiger partial charge is 0.0589 e. The number of likely N-dealkylation sites (N-methyl/N-ethyl adjacent to an activating group) is 1. The molecule has 0 saturated carbocycles. The molecule has 0 saturated heterocycles. The van der Waals surface area contributed by atoms with E-state index in [9.17, 15) is 0 Å². The average Bonchev–Trinajstić information content (AvgIpc) is 2.49. The molecule has 0 aliphatic rings. The second-order valence-corrected chi connectivity index (χ2v) is 6.51. The van der Waals surface area contributed by atoms with Gasteiger partial charge in [0.1, 0.15) is 0 Å². The third kappa shape index (κ3) is 5.27. The standard InChI is InChI=1S/C18H31ClN2/c1-6-9-15(10-7-2)18(14(4)21(5)8-3)17-12-11-16(19)13-20-17/h11-15,18H,6-10H2,1-5H3. The van der Waals surface area contributed by atoms with E-state index in [4.69, 9.17) is 11.6 Å². The molecule has 0 spiro atoms. The molecule has 0 aromatic carbocycles. The number of pyridine rings is 1. The molecule has 3 heteroatoms. The summed E-state index contributed by atoms with van der Waals surface area (Å²) in [5.74, 6) is 1.17. The van der Waals surface area contributed by atoms with Crippen molar-refractivity contribution in [2.24, 2.45) is 5.92 Å². The third-order valence-corrected chi connectivity index (χ3v) is 4.86. The molecule has 21 heavy (non-hydrogen) atoms. The summed E-state index contributed by atoms with van der Waals surface area (Å²) in [7, 11) is 2.21. The molecule has 120 valence electrons. The first kappa shape index (κ1) is 18.4. The van der Waals surface area contributed by atoms with E-state index in [0.29, 0.717) is 17.9 Å². The molecular formula is C18H31ClN2. The molecule has 2 unspecified atom stereocenters. The first-order valence-corrected chi connectivity index (χ1v) is 8.74. The van der Waals surface area contributed by atoms with Crippen LogP contribution in [0.4, 0.5) is 0 Å². The largest absolute Gasteiger partial charge is 0.303 e. The SMILES string of the molecule is CCCC(CCC)C(c1ccc(Cl)cn1)C(C)N(C)CC. The first-order chi connectivity index (χ1) is 10.0. The molecule has 1 heterocycles. The quantitative estimate of drug-likeness (QED) is 0.609. The Labute approximate surface area is 135 Å². The summed E-state index contributed by atoms with van der Waals surface area (Å²) >= 11 is 6.01. The van der Waals surface area contributed by atoms with Crippen molar-refractivity contribution in [3.8, 4) is 0 Å². The van der Waals surface area contributed by atoms with Crippen LogP contribution in [0.1, 0.15) is 65.0 Å². The number of nitrogens with zero attached hydrogens (tertiary/aromatic N) is 2. The number of rotatable bonds is 9. The Morgan fingerprint density at radius 3 is 2.19 bits per heavy atom. The minimum absolute atomic E-state index is 0.479. The van der Waals surface area contributed by atoms with Gasteiger partial charge in [-0.1, -0.05) is 58.1 Å². The number of hydrogen-bond acceptors (Lipinski definition) is 2. The van der Waals surface area contributed by atoms with Crippen LogP contribution in [0.25, 0.3) is 0 Å². The second kappa shape index (κ2) is 9.42. The topological polar surface area (TPSA) is 16.1 Å². The lowest BCUT2D eigenvalue weighted by Crippen LogP contribution is -2.38. The van der Waals surface area contributed by atoms with Gasteiger partial charge in [-0.25, -0.2) is 0 Å². The van der Waals surface area contributed by atoms with Gasteiger partial charge in [-0.3, -0.25) is 4.98 Å². The van der Waals surface area contributed by atoms with Crippen LogP contribution in [0.3, 0.4) is 0 Å². The molecule has 2 nitrogen and oxygen atoms in total. The Morgan fingerprint density at radius 1 is 1.14 bits per heavy atom. The Balaban J connectivity index is 3.10. The van der Waals surface area contributed by atoms with Crippen molar-refractivity contribution in [3.63, 3.8) is 0 Å². The molecule has 2 atom stereocenters. The number of halogens is 1. The highest BCUT2D eigenvalue weighted by Crippen LogP contribution is 2.35. The highest BCUT2D eigenvalue weighted by atomic mass is 35.5. The van der Waals surface area contributed by atoms with Crippen LogP contribution in [-0.2, 0) is 0 Å². The van der Waals surface area contributed by atoms with Crippen molar-refractivity contribution in [2.75, 3.05) is 13.6 Å². The summed E-state index contributed by atoms with van der Waals surface area (Å²) in [6.07, 6.45) is 6.79. The Morgan fingerprint density at radius 2 is 1.76 bits per heavy atom. The summed E-state index contributed by atoms with van der Waals surface area (Å²) in [6, 6.07) is 4.59. The third-order valence-electron chi connectivity index (χ3n) is 4.63. The summed E-state index contributed by atoms with van der Waals surface area (Å²) in [6.45, 7) is 10.2. The molecule has 1 rings (SSSR count). The van der Waals surface area contributed by atoms with Gasteiger partial charge in [0, 0.05) is 23.9 Å². The maximum atomic E-state index is 6.01. The van der Waals surface area contributed by atoms with Gasteiger partial charge >= 0.3 is 0 Å². The van der Waals surface area contributed by atoms with E-state index in [2.05, 4.69) is 50.7 Å². The molecule has 0 bridgehead atoms. The van der Waals surface area contributed by atoms with Crippen LogP contribution in [0, 0.1) is 5.92 Å². The van der Waals surface area contributed by atoms with E-state index in [1.165, 1.54) is 31.4 Å². The van der Waals surface area contributed by atoms with E-state index in [0.717, 1.165) is 11.6 Å². The zero-order valence-electron chi connectivity index (χ0n) is 14.3. The zero-order valence-corrected chi connectivity index (χ0v) is 15.0. The molecule has 1 aromatic rings. The molecule has 1 aromatic heterocycles. The van der Waals surface area contributed by atoms with Gasteiger partial charge in [-0.05, 0) is 38.6 Å². The minimum Gasteiger partial charge on any atom is -0.303 e.